The molecule has 0 heterocycles. The summed E-state index contributed by atoms with van der Waals surface area (Å²) in [6, 6.07) is 0. The predicted octanol–water partition coefficient (Wildman–Crippen LogP) is -0.205. The normalized spacial score (nSPS) is 8.25. The van der Waals surface area contributed by atoms with Gasteiger partial charge in [-0.3, -0.25) is 0 Å². The molecule has 0 aliphatic carbocycles. The average molecular weight is 138 g/mol. The van der Waals surface area contributed by atoms with Crippen molar-refractivity contribution in [2.75, 3.05) is 0 Å². The molecular weight excluding hydrogens is 123 g/mol. The topological polar surface area (TPSA) is 0 Å². The van der Waals surface area contributed by atoms with Crippen LogP contribution in [-0.4, -0.2) is 0 Å². The monoisotopic (exact) mass is 138 g/mol. The molecule has 0 aromatic rings. The number of rotatable bonds is 4. The van der Waals surface area contributed by atoms with Gasteiger partial charge in [-0.15, -0.1) is 0 Å². The molecule has 0 nitrogen and oxygen atoms in total. The fraction of sp³-hybridized carbons (Fsp3) is 0.857. The van der Waals surface area contributed by atoms with Crippen molar-refractivity contribution in [2.45, 2.75) is 39.5 Å². The molecule has 0 aliphatic heterocycles. The Morgan fingerprint density at radius 1 is 1.25 bits per heavy atom. The largest absolute Gasteiger partial charge is 1.00 e. The summed E-state index contributed by atoms with van der Waals surface area (Å²) in [5.74, 6) is 0. The Bertz CT molecular complexity index is 23.6. The standard InChI is InChI=1S/C7H15.K/c1-3-5-7-6-4-2;/h3H,4-7H2,1-2H3;/q-1;+1. The molecular formula is C7H15K. The van der Waals surface area contributed by atoms with Crippen molar-refractivity contribution >= 4 is 0 Å². The van der Waals surface area contributed by atoms with Crippen molar-refractivity contribution in [3.05, 3.63) is 6.42 Å². The Labute approximate surface area is 95.9 Å². The Morgan fingerprint density at radius 2 is 1.88 bits per heavy atom. The third-order valence-electron chi connectivity index (χ3n) is 1.10. The summed E-state index contributed by atoms with van der Waals surface area (Å²) in [6.45, 7) is 4.35. The van der Waals surface area contributed by atoms with E-state index in [1.807, 2.05) is 0 Å². The molecule has 8 heavy (non-hydrogen) atoms. The van der Waals surface area contributed by atoms with Gasteiger partial charge < -0.3 is 6.42 Å². The summed E-state index contributed by atoms with van der Waals surface area (Å²) >= 11 is 0. The first-order chi connectivity index (χ1) is 3.41. The first-order valence-corrected chi connectivity index (χ1v) is 3.19. The zero-order chi connectivity index (χ0) is 5.54. The predicted molar refractivity (Wildman–Crippen MR) is 34.1 cm³/mol. The van der Waals surface area contributed by atoms with Crippen LogP contribution in [-0.2, 0) is 0 Å². The van der Waals surface area contributed by atoms with E-state index in [0.29, 0.717) is 0 Å². The number of hydrogen-bond donors (Lipinski definition) is 0. The molecule has 0 bridgehead atoms. The van der Waals surface area contributed by atoms with Crippen LogP contribution in [0.25, 0.3) is 0 Å². The van der Waals surface area contributed by atoms with Crippen molar-refractivity contribution in [1.29, 1.82) is 0 Å². The summed E-state index contributed by atoms with van der Waals surface area (Å²) in [7, 11) is 0. The van der Waals surface area contributed by atoms with Gasteiger partial charge in [-0.05, 0) is 0 Å². The van der Waals surface area contributed by atoms with Crippen LogP contribution >= 0.6 is 0 Å². The Morgan fingerprint density at radius 3 is 2.25 bits per heavy atom. The van der Waals surface area contributed by atoms with Crippen LogP contribution in [0.5, 0.6) is 0 Å². The minimum atomic E-state index is 0. The van der Waals surface area contributed by atoms with Crippen molar-refractivity contribution in [3.63, 3.8) is 0 Å². The van der Waals surface area contributed by atoms with Crippen LogP contribution in [0, 0.1) is 6.42 Å². The zero-order valence-corrected chi connectivity index (χ0v) is 9.53. The van der Waals surface area contributed by atoms with Gasteiger partial charge in [0.25, 0.3) is 0 Å². The Hall–Kier alpha value is 1.64. The van der Waals surface area contributed by atoms with E-state index in [9.17, 15) is 0 Å². The Kier molecular flexibility index (Phi) is 17.6. The van der Waals surface area contributed by atoms with Crippen molar-refractivity contribution < 1.29 is 51.4 Å². The third kappa shape index (κ3) is 10.6. The summed E-state index contributed by atoms with van der Waals surface area (Å²) < 4.78 is 0. The quantitative estimate of drug-likeness (QED) is 0.287. The van der Waals surface area contributed by atoms with Crippen molar-refractivity contribution in [2.24, 2.45) is 0 Å². The van der Waals surface area contributed by atoms with E-state index in [1.165, 1.54) is 25.7 Å². The number of hydrogen-bond acceptors (Lipinski definition) is 0. The van der Waals surface area contributed by atoms with Crippen LogP contribution in [0.1, 0.15) is 39.5 Å². The van der Waals surface area contributed by atoms with Crippen molar-refractivity contribution in [1.82, 2.24) is 0 Å². The summed E-state index contributed by atoms with van der Waals surface area (Å²) in [4.78, 5) is 0. The fourth-order valence-corrected chi connectivity index (χ4v) is 0.598. The molecule has 0 radical (unpaired) electrons. The summed E-state index contributed by atoms with van der Waals surface area (Å²) in [5.41, 5.74) is 0. The van der Waals surface area contributed by atoms with E-state index in [2.05, 4.69) is 20.3 Å². The molecule has 0 spiro atoms. The molecule has 0 rings (SSSR count). The second-order valence-electron chi connectivity index (χ2n) is 1.90. The van der Waals surface area contributed by atoms with Crippen LogP contribution < -0.4 is 51.4 Å². The number of unbranched alkanes of at least 4 members (excludes halogenated alkanes) is 4. The molecule has 0 saturated carbocycles. The van der Waals surface area contributed by atoms with Crippen molar-refractivity contribution in [3.8, 4) is 0 Å². The van der Waals surface area contributed by atoms with Gasteiger partial charge in [0.05, 0.1) is 0 Å². The van der Waals surface area contributed by atoms with Crippen LogP contribution in [0.4, 0.5) is 0 Å². The van der Waals surface area contributed by atoms with E-state index in [1.54, 1.807) is 0 Å². The zero-order valence-electron chi connectivity index (χ0n) is 6.41. The first-order valence-electron chi connectivity index (χ1n) is 3.19. The molecule has 0 atom stereocenters. The van der Waals surface area contributed by atoms with Gasteiger partial charge in [0.2, 0.25) is 0 Å². The molecule has 0 aromatic heterocycles. The van der Waals surface area contributed by atoms with Crippen LogP contribution in [0.2, 0.25) is 0 Å². The van der Waals surface area contributed by atoms with E-state index < -0.39 is 0 Å². The van der Waals surface area contributed by atoms with Gasteiger partial charge in [0.15, 0.2) is 0 Å². The van der Waals surface area contributed by atoms with Gasteiger partial charge in [0, 0.05) is 0 Å². The summed E-state index contributed by atoms with van der Waals surface area (Å²) in [6.07, 6.45) is 7.65. The van der Waals surface area contributed by atoms with E-state index >= 15 is 0 Å². The van der Waals surface area contributed by atoms with Gasteiger partial charge in [0.1, 0.15) is 0 Å². The average Bonchev–Trinajstić information content (AvgIpc) is 1.69. The first kappa shape index (κ1) is 12.3. The Balaban J connectivity index is 0. The SMILES string of the molecule is C[CH-]CCCCC.[K+]. The van der Waals surface area contributed by atoms with Gasteiger partial charge >= 0.3 is 51.4 Å². The third-order valence-corrected chi connectivity index (χ3v) is 1.10. The maximum Gasteiger partial charge on any atom is 1.00 e. The molecule has 1 heteroatoms. The summed E-state index contributed by atoms with van der Waals surface area (Å²) in [5, 5.41) is 0. The molecule has 0 amide bonds. The molecule has 0 N–H and O–H groups in total. The van der Waals surface area contributed by atoms with E-state index in [0.717, 1.165) is 0 Å². The molecule has 44 valence electrons. The molecule has 0 aromatic carbocycles. The van der Waals surface area contributed by atoms with E-state index in [4.69, 9.17) is 0 Å². The minimum absolute atomic E-state index is 0. The van der Waals surface area contributed by atoms with Gasteiger partial charge in [-0.25, -0.2) is 0 Å². The van der Waals surface area contributed by atoms with Gasteiger partial charge in [-0.1, -0.05) is 26.2 Å². The maximum atomic E-state index is 2.23. The smallest absolute Gasteiger partial charge is 0.332 e. The van der Waals surface area contributed by atoms with Gasteiger partial charge in [-0.2, -0.15) is 13.3 Å². The second-order valence-corrected chi connectivity index (χ2v) is 1.90. The van der Waals surface area contributed by atoms with E-state index in [-0.39, 0.29) is 51.4 Å². The van der Waals surface area contributed by atoms with Crippen LogP contribution in [0.15, 0.2) is 0 Å². The molecule has 0 saturated heterocycles. The molecule has 0 fully saturated rings. The van der Waals surface area contributed by atoms with Crippen LogP contribution in [0.3, 0.4) is 0 Å². The molecule has 0 aliphatic rings. The second kappa shape index (κ2) is 11.4. The molecule has 0 unspecified atom stereocenters. The minimum Gasteiger partial charge on any atom is -0.332 e. The fourth-order valence-electron chi connectivity index (χ4n) is 0.598. The maximum absolute atomic E-state index is 2.23.